The van der Waals surface area contributed by atoms with Gasteiger partial charge in [0.25, 0.3) is 0 Å². The van der Waals surface area contributed by atoms with Crippen molar-refractivity contribution < 1.29 is 4.79 Å². The Balaban J connectivity index is 3.09. The number of pyridine rings is 1. The van der Waals surface area contributed by atoms with E-state index in [2.05, 4.69) is 4.98 Å². The minimum Gasteiger partial charge on any atom is -0.321 e. The summed E-state index contributed by atoms with van der Waals surface area (Å²) in [6.07, 6.45) is 1.45. The van der Waals surface area contributed by atoms with Crippen LogP contribution in [0.25, 0.3) is 0 Å². The molecular formula is C9H11ClN2O. The second-order valence-electron chi connectivity index (χ2n) is 2.97. The first-order valence-corrected chi connectivity index (χ1v) is 4.32. The molecule has 3 nitrogen and oxygen atoms in total. The van der Waals surface area contributed by atoms with Gasteiger partial charge in [-0.15, -0.1) is 0 Å². The average molecular weight is 199 g/mol. The van der Waals surface area contributed by atoms with Gasteiger partial charge in [0.2, 0.25) is 0 Å². The molecule has 13 heavy (non-hydrogen) atoms. The number of Topliss-reactive ketones (excluding diaryl/α,β-unsaturated/α-hetero) is 1. The third-order valence-corrected chi connectivity index (χ3v) is 1.90. The Morgan fingerprint density at radius 3 is 2.77 bits per heavy atom. The van der Waals surface area contributed by atoms with Crippen LogP contribution in [0, 0.1) is 6.92 Å². The molecule has 0 radical (unpaired) electrons. The van der Waals surface area contributed by atoms with Crippen molar-refractivity contribution in [3.05, 3.63) is 28.5 Å². The lowest BCUT2D eigenvalue weighted by Gasteiger charge is -2.06. The number of nitrogens with zero attached hydrogens (tertiary/aromatic N) is 1. The Morgan fingerprint density at radius 1 is 1.69 bits per heavy atom. The molecule has 0 aliphatic rings. The summed E-state index contributed by atoms with van der Waals surface area (Å²) in [5.74, 6) is -0.158. The van der Waals surface area contributed by atoms with Crippen molar-refractivity contribution in [2.45, 2.75) is 19.9 Å². The number of aromatic nitrogens is 1. The molecule has 70 valence electrons. The molecule has 0 aliphatic heterocycles. The number of aryl methyl sites for hydroxylation is 1. The molecule has 2 N–H and O–H groups in total. The molecule has 1 aromatic heterocycles. The van der Waals surface area contributed by atoms with Crippen LogP contribution in [0.5, 0.6) is 0 Å². The highest BCUT2D eigenvalue weighted by molar-refractivity contribution is 6.30. The Labute approximate surface area is 81.9 Å². The van der Waals surface area contributed by atoms with Crippen molar-refractivity contribution in [1.29, 1.82) is 0 Å². The van der Waals surface area contributed by atoms with Crippen molar-refractivity contribution in [3.8, 4) is 0 Å². The molecule has 0 fully saturated rings. The number of hydrogen-bond donors (Lipinski definition) is 1. The van der Waals surface area contributed by atoms with Gasteiger partial charge in [0.15, 0.2) is 5.78 Å². The molecule has 1 atom stereocenters. The number of carbonyl (C=O) groups excluding carboxylic acids is 1. The van der Waals surface area contributed by atoms with Gasteiger partial charge in [-0.1, -0.05) is 11.6 Å². The molecule has 1 unspecified atom stereocenters. The number of nitrogens with two attached hydrogens (primary N) is 1. The molecular weight excluding hydrogens is 188 g/mol. The van der Waals surface area contributed by atoms with E-state index < -0.39 is 6.04 Å². The lowest BCUT2D eigenvalue weighted by molar-refractivity contribution is 0.0962. The Kier molecular flexibility index (Phi) is 3.01. The Morgan fingerprint density at radius 2 is 2.31 bits per heavy atom. The fourth-order valence-corrected chi connectivity index (χ4v) is 1.23. The summed E-state index contributed by atoms with van der Waals surface area (Å²) in [6.45, 7) is 3.42. The predicted octanol–water partition coefficient (Wildman–Crippen LogP) is 1.57. The summed E-state index contributed by atoms with van der Waals surface area (Å²) in [5.41, 5.74) is 6.61. The Bertz CT molecular complexity index is 336. The highest BCUT2D eigenvalue weighted by Crippen LogP contribution is 2.13. The van der Waals surface area contributed by atoms with Crippen LogP contribution in [0.4, 0.5) is 0 Å². The summed E-state index contributed by atoms with van der Waals surface area (Å²) in [5, 5.41) is 0.527. The number of hydrogen-bond acceptors (Lipinski definition) is 3. The van der Waals surface area contributed by atoms with E-state index in [4.69, 9.17) is 17.3 Å². The maximum atomic E-state index is 11.4. The minimum absolute atomic E-state index is 0.158. The molecule has 1 aromatic rings. The van der Waals surface area contributed by atoms with Crippen LogP contribution < -0.4 is 5.73 Å². The van der Waals surface area contributed by atoms with Gasteiger partial charge in [0.1, 0.15) is 5.69 Å². The van der Waals surface area contributed by atoms with Crippen molar-refractivity contribution in [2.24, 2.45) is 5.73 Å². The average Bonchev–Trinajstić information content (AvgIpc) is 2.03. The van der Waals surface area contributed by atoms with Gasteiger partial charge >= 0.3 is 0 Å². The van der Waals surface area contributed by atoms with Gasteiger partial charge in [-0.3, -0.25) is 9.78 Å². The van der Waals surface area contributed by atoms with Gasteiger partial charge in [-0.2, -0.15) is 0 Å². The molecule has 0 bridgehead atoms. The van der Waals surface area contributed by atoms with Crippen LogP contribution in [0.15, 0.2) is 12.3 Å². The normalized spacial score (nSPS) is 12.6. The second-order valence-corrected chi connectivity index (χ2v) is 3.41. The number of carbonyl (C=O) groups is 1. The van der Waals surface area contributed by atoms with Gasteiger partial charge in [0, 0.05) is 6.20 Å². The maximum absolute atomic E-state index is 11.4. The highest BCUT2D eigenvalue weighted by atomic mass is 35.5. The van der Waals surface area contributed by atoms with Crippen LogP contribution in [-0.4, -0.2) is 16.8 Å². The summed E-state index contributed by atoms with van der Waals surface area (Å²) in [7, 11) is 0. The third-order valence-electron chi connectivity index (χ3n) is 1.69. The summed E-state index contributed by atoms with van der Waals surface area (Å²) < 4.78 is 0. The smallest absolute Gasteiger partial charge is 0.197 e. The fourth-order valence-electron chi connectivity index (χ4n) is 1.01. The molecule has 0 aromatic carbocycles. The van der Waals surface area contributed by atoms with Crippen LogP contribution in [0.1, 0.15) is 23.0 Å². The third kappa shape index (κ3) is 2.26. The van der Waals surface area contributed by atoms with Crippen LogP contribution in [0.2, 0.25) is 5.02 Å². The SMILES string of the molecule is Cc1cc(Cl)cnc1C(=O)C(C)N. The second kappa shape index (κ2) is 3.85. The molecule has 0 aliphatic carbocycles. The van der Waals surface area contributed by atoms with Crippen LogP contribution in [-0.2, 0) is 0 Å². The van der Waals surface area contributed by atoms with E-state index in [-0.39, 0.29) is 5.78 Å². The standard InChI is InChI=1S/C9H11ClN2O/c1-5-3-7(10)4-12-8(5)9(13)6(2)11/h3-4,6H,11H2,1-2H3. The van der Waals surface area contributed by atoms with E-state index in [1.165, 1.54) is 6.20 Å². The number of halogens is 1. The zero-order valence-corrected chi connectivity index (χ0v) is 8.30. The van der Waals surface area contributed by atoms with Crippen LogP contribution in [0.3, 0.4) is 0 Å². The fraction of sp³-hybridized carbons (Fsp3) is 0.333. The van der Waals surface area contributed by atoms with Crippen LogP contribution >= 0.6 is 11.6 Å². The minimum atomic E-state index is -0.521. The lowest BCUT2D eigenvalue weighted by Crippen LogP contribution is -2.28. The van der Waals surface area contributed by atoms with E-state index in [0.717, 1.165) is 5.56 Å². The first-order chi connectivity index (χ1) is 6.02. The van der Waals surface area contributed by atoms with Crippen molar-refractivity contribution in [1.82, 2.24) is 4.98 Å². The predicted molar refractivity (Wildman–Crippen MR) is 52.0 cm³/mol. The first kappa shape index (κ1) is 10.2. The summed E-state index contributed by atoms with van der Waals surface area (Å²) >= 11 is 5.70. The van der Waals surface area contributed by atoms with Crippen molar-refractivity contribution >= 4 is 17.4 Å². The molecule has 0 spiro atoms. The zero-order chi connectivity index (χ0) is 10.0. The van der Waals surface area contributed by atoms with Gasteiger partial charge < -0.3 is 5.73 Å². The van der Waals surface area contributed by atoms with E-state index in [0.29, 0.717) is 10.7 Å². The summed E-state index contributed by atoms with van der Waals surface area (Å²) in [4.78, 5) is 15.4. The molecule has 4 heteroatoms. The highest BCUT2D eigenvalue weighted by Gasteiger charge is 2.14. The maximum Gasteiger partial charge on any atom is 0.197 e. The Hall–Kier alpha value is -0.930. The van der Waals surface area contributed by atoms with Gasteiger partial charge in [-0.05, 0) is 25.5 Å². The van der Waals surface area contributed by atoms with Crippen molar-refractivity contribution in [3.63, 3.8) is 0 Å². The first-order valence-electron chi connectivity index (χ1n) is 3.94. The molecule has 1 rings (SSSR count). The number of ketones is 1. The van der Waals surface area contributed by atoms with Gasteiger partial charge in [-0.25, -0.2) is 0 Å². The largest absolute Gasteiger partial charge is 0.321 e. The lowest BCUT2D eigenvalue weighted by atomic mass is 10.1. The quantitative estimate of drug-likeness (QED) is 0.734. The molecule has 0 saturated carbocycles. The summed E-state index contributed by atoms with van der Waals surface area (Å²) in [6, 6.07) is 1.18. The van der Waals surface area contributed by atoms with E-state index in [9.17, 15) is 4.79 Å². The van der Waals surface area contributed by atoms with E-state index >= 15 is 0 Å². The zero-order valence-electron chi connectivity index (χ0n) is 7.54. The van der Waals surface area contributed by atoms with Gasteiger partial charge in [0.05, 0.1) is 11.1 Å². The monoisotopic (exact) mass is 198 g/mol. The van der Waals surface area contributed by atoms with E-state index in [1.54, 1.807) is 19.9 Å². The molecule has 1 heterocycles. The molecule has 0 amide bonds. The topological polar surface area (TPSA) is 56.0 Å². The molecule has 0 saturated heterocycles. The van der Waals surface area contributed by atoms with E-state index in [1.807, 2.05) is 0 Å². The van der Waals surface area contributed by atoms with Crippen molar-refractivity contribution in [2.75, 3.05) is 0 Å². The number of rotatable bonds is 2.